The third kappa shape index (κ3) is 4.57. The Kier molecular flexibility index (Phi) is 5.01. The van der Waals surface area contributed by atoms with Crippen LogP contribution in [0, 0.1) is 0 Å². The smallest absolute Gasteiger partial charge is 0.416 e. The van der Waals surface area contributed by atoms with Crippen LogP contribution < -0.4 is 0 Å². The van der Waals surface area contributed by atoms with Gasteiger partial charge >= 0.3 is 12.1 Å². The van der Waals surface area contributed by atoms with Crippen molar-refractivity contribution in [3.63, 3.8) is 0 Å². The Morgan fingerprint density at radius 1 is 0.913 bits per heavy atom. The van der Waals surface area contributed by atoms with Gasteiger partial charge in [-0.3, -0.25) is 0 Å². The van der Waals surface area contributed by atoms with Crippen molar-refractivity contribution in [1.29, 1.82) is 0 Å². The molecule has 5 heteroatoms. The zero-order valence-corrected chi connectivity index (χ0v) is 11.9. The molecular formula is C18H13F3O2. The summed E-state index contributed by atoms with van der Waals surface area (Å²) in [6.07, 6.45) is -0.514. The van der Waals surface area contributed by atoms with Crippen LogP contribution in [0.5, 0.6) is 0 Å². The molecule has 0 aromatic heterocycles. The van der Waals surface area contributed by atoms with Crippen LogP contribution in [0.3, 0.4) is 0 Å². The fourth-order valence-corrected chi connectivity index (χ4v) is 2.04. The zero-order chi connectivity index (χ0) is 16.9. The summed E-state index contributed by atoms with van der Waals surface area (Å²) in [7, 11) is 0. The fraction of sp³-hybridized carbons (Fsp3) is 0.0556. The molecule has 0 unspecified atom stereocenters. The SMILES string of the molecule is O=C(O)/C=C/C=C(\c1ccccc1)c1ccc(C(F)(F)F)cc1. The van der Waals surface area contributed by atoms with Gasteiger partial charge < -0.3 is 5.11 Å². The Morgan fingerprint density at radius 2 is 1.48 bits per heavy atom. The molecule has 2 aromatic carbocycles. The van der Waals surface area contributed by atoms with Crippen molar-refractivity contribution < 1.29 is 23.1 Å². The lowest BCUT2D eigenvalue weighted by Crippen LogP contribution is -2.04. The Balaban J connectivity index is 2.44. The third-order valence-corrected chi connectivity index (χ3v) is 3.11. The molecule has 0 aliphatic rings. The van der Waals surface area contributed by atoms with Gasteiger partial charge in [0, 0.05) is 6.08 Å². The second kappa shape index (κ2) is 6.96. The number of rotatable bonds is 4. The molecule has 0 amide bonds. The van der Waals surface area contributed by atoms with Crippen LogP contribution in [0.2, 0.25) is 0 Å². The maximum atomic E-state index is 12.6. The monoisotopic (exact) mass is 318 g/mol. The molecule has 0 radical (unpaired) electrons. The molecule has 0 heterocycles. The maximum absolute atomic E-state index is 12.6. The highest BCUT2D eigenvalue weighted by Gasteiger charge is 2.30. The van der Waals surface area contributed by atoms with E-state index in [0.29, 0.717) is 11.1 Å². The van der Waals surface area contributed by atoms with E-state index in [0.717, 1.165) is 23.8 Å². The molecule has 0 saturated heterocycles. The lowest BCUT2D eigenvalue weighted by atomic mass is 9.96. The van der Waals surface area contributed by atoms with Gasteiger partial charge in [0.15, 0.2) is 0 Å². The van der Waals surface area contributed by atoms with Crippen LogP contribution in [0.1, 0.15) is 16.7 Å². The van der Waals surface area contributed by atoms with E-state index < -0.39 is 17.7 Å². The highest BCUT2D eigenvalue weighted by molar-refractivity contribution is 5.84. The first-order valence-electron chi connectivity index (χ1n) is 6.72. The van der Waals surface area contributed by atoms with Crippen LogP contribution in [0.4, 0.5) is 13.2 Å². The normalized spacial score (nSPS) is 12.6. The molecule has 0 bridgehead atoms. The van der Waals surface area contributed by atoms with Crippen molar-refractivity contribution in [1.82, 2.24) is 0 Å². The minimum absolute atomic E-state index is 0.569. The fourth-order valence-electron chi connectivity index (χ4n) is 2.04. The molecule has 0 atom stereocenters. The summed E-state index contributed by atoms with van der Waals surface area (Å²) in [5, 5.41) is 8.65. The standard InChI is InChI=1S/C18H13F3O2/c19-18(20,21)15-11-9-14(10-12-15)16(7-4-8-17(22)23)13-5-2-1-3-6-13/h1-12H,(H,22,23)/b8-4+,16-7+. The number of halogens is 3. The summed E-state index contributed by atoms with van der Waals surface area (Å²) >= 11 is 0. The number of carboxylic acid groups (broad SMARTS) is 1. The summed E-state index contributed by atoms with van der Waals surface area (Å²) in [6.45, 7) is 0. The predicted molar refractivity (Wildman–Crippen MR) is 81.7 cm³/mol. The van der Waals surface area contributed by atoms with Gasteiger partial charge in [0.25, 0.3) is 0 Å². The average Bonchev–Trinajstić information content (AvgIpc) is 2.51. The van der Waals surface area contributed by atoms with Gasteiger partial charge in [0.05, 0.1) is 5.56 Å². The van der Waals surface area contributed by atoms with Crippen LogP contribution in [0.25, 0.3) is 5.57 Å². The van der Waals surface area contributed by atoms with Gasteiger partial charge in [-0.2, -0.15) is 13.2 Å². The molecular weight excluding hydrogens is 305 g/mol. The molecule has 0 saturated carbocycles. The number of carboxylic acids is 1. The minimum Gasteiger partial charge on any atom is -0.478 e. The van der Waals surface area contributed by atoms with E-state index in [1.807, 2.05) is 6.07 Å². The number of alkyl halides is 3. The summed E-state index contributed by atoms with van der Waals surface area (Å²) in [5.41, 5.74) is 1.26. The van der Waals surface area contributed by atoms with Crippen molar-refractivity contribution in [2.75, 3.05) is 0 Å². The van der Waals surface area contributed by atoms with Gasteiger partial charge in [-0.15, -0.1) is 0 Å². The van der Waals surface area contributed by atoms with Gasteiger partial charge in [0.2, 0.25) is 0 Å². The average molecular weight is 318 g/mol. The van der Waals surface area contributed by atoms with Crippen molar-refractivity contribution in [3.05, 3.63) is 89.5 Å². The molecule has 2 rings (SSSR count). The molecule has 0 fully saturated rings. The first kappa shape index (κ1) is 16.5. The van der Waals surface area contributed by atoms with Crippen molar-refractivity contribution >= 4 is 11.5 Å². The Morgan fingerprint density at radius 3 is 2.00 bits per heavy atom. The highest BCUT2D eigenvalue weighted by atomic mass is 19.4. The second-order valence-electron chi connectivity index (χ2n) is 4.72. The van der Waals surface area contributed by atoms with Crippen molar-refractivity contribution in [2.45, 2.75) is 6.18 Å². The molecule has 1 N–H and O–H groups in total. The molecule has 23 heavy (non-hydrogen) atoms. The van der Waals surface area contributed by atoms with Gasteiger partial charge in [-0.25, -0.2) is 4.79 Å². The molecule has 0 aliphatic heterocycles. The van der Waals surface area contributed by atoms with E-state index in [1.54, 1.807) is 30.3 Å². The summed E-state index contributed by atoms with van der Waals surface area (Å²) < 4.78 is 37.9. The van der Waals surface area contributed by atoms with E-state index in [-0.39, 0.29) is 0 Å². The Hall–Kier alpha value is -2.82. The van der Waals surface area contributed by atoms with Crippen LogP contribution in [0.15, 0.2) is 72.8 Å². The number of carbonyl (C=O) groups is 1. The third-order valence-electron chi connectivity index (χ3n) is 3.11. The van der Waals surface area contributed by atoms with E-state index >= 15 is 0 Å². The molecule has 2 aromatic rings. The number of allylic oxidation sites excluding steroid dienone is 2. The van der Waals surface area contributed by atoms with Gasteiger partial charge in [-0.05, 0) is 28.8 Å². The quantitative estimate of drug-likeness (QED) is 0.651. The number of hydrogen-bond acceptors (Lipinski definition) is 1. The first-order valence-corrected chi connectivity index (χ1v) is 6.72. The topological polar surface area (TPSA) is 37.3 Å². The summed E-state index contributed by atoms with van der Waals surface area (Å²) in [5.74, 6) is -1.10. The molecule has 0 spiro atoms. The number of hydrogen-bond donors (Lipinski definition) is 1. The lowest BCUT2D eigenvalue weighted by Gasteiger charge is -2.10. The van der Waals surface area contributed by atoms with Gasteiger partial charge in [-0.1, -0.05) is 54.6 Å². The largest absolute Gasteiger partial charge is 0.478 e. The zero-order valence-electron chi connectivity index (χ0n) is 11.9. The number of benzene rings is 2. The summed E-state index contributed by atoms with van der Waals surface area (Å²) in [4.78, 5) is 10.6. The predicted octanol–water partition coefficient (Wildman–Crippen LogP) is 4.78. The van der Waals surface area contributed by atoms with Crippen molar-refractivity contribution in [2.24, 2.45) is 0 Å². The second-order valence-corrected chi connectivity index (χ2v) is 4.72. The summed E-state index contributed by atoms with van der Waals surface area (Å²) in [6, 6.07) is 13.8. The van der Waals surface area contributed by atoms with E-state index in [2.05, 4.69) is 0 Å². The molecule has 0 aliphatic carbocycles. The van der Waals surface area contributed by atoms with E-state index in [9.17, 15) is 18.0 Å². The van der Waals surface area contributed by atoms with Crippen LogP contribution in [-0.4, -0.2) is 11.1 Å². The number of aliphatic carboxylic acids is 1. The Bertz CT molecular complexity index is 727. The minimum atomic E-state index is -4.39. The first-order chi connectivity index (χ1) is 10.9. The lowest BCUT2D eigenvalue weighted by molar-refractivity contribution is -0.137. The highest BCUT2D eigenvalue weighted by Crippen LogP contribution is 2.31. The van der Waals surface area contributed by atoms with Gasteiger partial charge in [0.1, 0.15) is 0 Å². The Labute approximate surface area is 131 Å². The van der Waals surface area contributed by atoms with Crippen molar-refractivity contribution in [3.8, 4) is 0 Å². The van der Waals surface area contributed by atoms with E-state index in [4.69, 9.17) is 5.11 Å². The maximum Gasteiger partial charge on any atom is 0.416 e. The van der Waals surface area contributed by atoms with E-state index in [1.165, 1.54) is 18.2 Å². The van der Waals surface area contributed by atoms with Crippen LogP contribution in [-0.2, 0) is 11.0 Å². The molecule has 118 valence electrons. The molecule has 2 nitrogen and oxygen atoms in total. The van der Waals surface area contributed by atoms with Crippen LogP contribution >= 0.6 is 0 Å².